The van der Waals surface area contributed by atoms with E-state index in [1.54, 1.807) is 0 Å². The van der Waals surface area contributed by atoms with Gasteiger partial charge in [-0.15, -0.1) is 0 Å². The lowest BCUT2D eigenvalue weighted by molar-refractivity contribution is -0.138. The number of hydrogen-bond acceptors (Lipinski definition) is 4. The summed E-state index contributed by atoms with van der Waals surface area (Å²) in [6.07, 6.45) is -6.15. The maximum absolute atomic E-state index is 12.5. The lowest BCUT2D eigenvalue weighted by Gasteiger charge is -2.10. The monoisotopic (exact) mass is 398 g/mol. The molecule has 3 aromatic rings. The fraction of sp³-hybridized carbons (Fsp3) is 0.111. The predicted octanol–water partition coefficient (Wildman–Crippen LogP) is 6.00. The van der Waals surface area contributed by atoms with Crippen molar-refractivity contribution in [3.05, 3.63) is 72.1 Å². The van der Waals surface area contributed by atoms with E-state index in [0.29, 0.717) is 11.4 Å². The maximum atomic E-state index is 12.5. The first-order valence-electron chi connectivity index (χ1n) is 7.82. The van der Waals surface area contributed by atoms with Crippen molar-refractivity contribution in [2.75, 3.05) is 10.6 Å². The molecule has 0 unspecified atom stereocenters. The van der Waals surface area contributed by atoms with Crippen LogP contribution >= 0.6 is 0 Å². The van der Waals surface area contributed by atoms with Crippen molar-refractivity contribution in [2.45, 2.75) is 12.4 Å². The summed E-state index contributed by atoms with van der Waals surface area (Å²) in [4.78, 5) is 8.12. The normalized spacial score (nSPS) is 11.9. The number of nitrogens with one attached hydrogen (secondary N) is 2. The quantitative estimate of drug-likeness (QED) is 0.529. The molecule has 0 aliphatic heterocycles. The van der Waals surface area contributed by atoms with Gasteiger partial charge >= 0.3 is 12.4 Å². The van der Waals surface area contributed by atoms with E-state index in [2.05, 4.69) is 20.6 Å². The van der Waals surface area contributed by atoms with Crippen molar-refractivity contribution in [3.63, 3.8) is 0 Å². The van der Waals surface area contributed by atoms with Gasteiger partial charge in [-0.1, -0.05) is 0 Å². The van der Waals surface area contributed by atoms with Gasteiger partial charge in [0.15, 0.2) is 0 Å². The van der Waals surface area contributed by atoms with E-state index in [1.165, 1.54) is 36.7 Å². The van der Waals surface area contributed by atoms with E-state index >= 15 is 0 Å². The molecule has 0 aliphatic rings. The van der Waals surface area contributed by atoms with Gasteiger partial charge in [0.25, 0.3) is 0 Å². The third-order valence-electron chi connectivity index (χ3n) is 3.62. The summed E-state index contributed by atoms with van der Waals surface area (Å²) in [5.41, 5.74) is -0.739. The van der Waals surface area contributed by atoms with Crippen LogP contribution in [0.5, 0.6) is 0 Å². The van der Waals surface area contributed by atoms with Gasteiger partial charge in [-0.25, -0.2) is 9.97 Å². The Labute approximate surface area is 155 Å². The highest BCUT2D eigenvalue weighted by Gasteiger charge is 2.30. The summed E-state index contributed by atoms with van der Waals surface area (Å²) in [5.74, 6) is 0.579. The minimum Gasteiger partial charge on any atom is -0.339 e. The molecule has 4 nitrogen and oxygen atoms in total. The number of hydrogen-bond donors (Lipinski definition) is 2. The van der Waals surface area contributed by atoms with Crippen LogP contribution in [0.1, 0.15) is 11.1 Å². The number of rotatable bonds is 4. The summed E-state index contributed by atoms with van der Waals surface area (Å²) < 4.78 is 75.3. The van der Waals surface area contributed by atoms with E-state index in [1.807, 2.05) is 0 Å². The third kappa shape index (κ3) is 4.90. The first kappa shape index (κ1) is 19.5. The summed E-state index contributed by atoms with van der Waals surface area (Å²) in [5, 5.41) is 5.61. The van der Waals surface area contributed by atoms with E-state index in [9.17, 15) is 26.3 Å². The van der Waals surface area contributed by atoms with Crippen LogP contribution in [0.3, 0.4) is 0 Å². The molecule has 0 radical (unpaired) electrons. The molecule has 1 heterocycles. The Hall–Kier alpha value is -3.30. The van der Waals surface area contributed by atoms with Crippen LogP contribution in [0.2, 0.25) is 0 Å². The van der Waals surface area contributed by atoms with Crippen LogP contribution in [0.25, 0.3) is 0 Å². The highest BCUT2D eigenvalue weighted by Crippen LogP contribution is 2.31. The van der Waals surface area contributed by atoms with Crippen molar-refractivity contribution in [3.8, 4) is 0 Å². The molecule has 1 aromatic heterocycles. The van der Waals surface area contributed by atoms with Gasteiger partial charge in [0.2, 0.25) is 0 Å². The molecule has 0 saturated heterocycles. The van der Waals surface area contributed by atoms with E-state index in [-0.39, 0.29) is 11.6 Å². The summed E-state index contributed by atoms with van der Waals surface area (Å²) in [6, 6.07) is 8.81. The zero-order chi connectivity index (χ0) is 20.4. The number of benzene rings is 2. The molecule has 146 valence electrons. The second kappa shape index (κ2) is 7.37. The van der Waals surface area contributed by atoms with Crippen molar-refractivity contribution in [1.29, 1.82) is 0 Å². The molecule has 3 rings (SSSR count). The first-order valence-corrected chi connectivity index (χ1v) is 7.82. The average molecular weight is 398 g/mol. The number of nitrogens with zero attached hydrogens (tertiary/aromatic N) is 2. The van der Waals surface area contributed by atoms with Gasteiger partial charge in [0.05, 0.1) is 23.5 Å². The molecule has 10 heteroatoms. The second-order valence-corrected chi connectivity index (χ2v) is 5.69. The molecule has 2 N–H and O–H groups in total. The minimum atomic E-state index is -4.41. The lowest BCUT2D eigenvalue weighted by Crippen LogP contribution is -2.05. The summed E-state index contributed by atoms with van der Waals surface area (Å²) in [6.45, 7) is 0. The van der Waals surface area contributed by atoms with Crippen LogP contribution in [0.15, 0.2) is 60.9 Å². The molecule has 0 atom stereocenters. The predicted molar refractivity (Wildman–Crippen MR) is 91.5 cm³/mol. The Morgan fingerprint density at radius 3 is 1.11 bits per heavy atom. The fourth-order valence-corrected chi connectivity index (χ4v) is 2.24. The van der Waals surface area contributed by atoms with Crippen LogP contribution in [-0.4, -0.2) is 9.97 Å². The highest BCUT2D eigenvalue weighted by molar-refractivity contribution is 5.59. The molecular weight excluding hydrogens is 386 g/mol. The first-order chi connectivity index (χ1) is 13.1. The summed E-state index contributed by atoms with van der Waals surface area (Å²) >= 11 is 0. The van der Waals surface area contributed by atoms with Gasteiger partial charge < -0.3 is 10.6 Å². The Morgan fingerprint density at radius 1 is 0.536 bits per heavy atom. The van der Waals surface area contributed by atoms with Crippen LogP contribution < -0.4 is 10.6 Å². The molecule has 0 spiro atoms. The Kier molecular flexibility index (Phi) is 5.12. The van der Waals surface area contributed by atoms with Gasteiger partial charge in [0, 0.05) is 11.4 Å². The standard InChI is InChI=1S/C18H12F6N4/c19-17(20,21)11-1-5-13(6-2-11)27-15-9-26-16(10-25-15)28-14-7-3-12(4-8-14)18(22,23)24/h1-10H,(H,25,27)(H,26,28). The SMILES string of the molecule is FC(F)(F)c1ccc(Nc2cnc(Nc3ccc(C(F)(F)F)cc3)cn2)cc1. The van der Waals surface area contributed by atoms with E-state index < -0.39 is 23.5 Å². The van der Waals surface area contributed by atoms with Crippen LogP contribution in [0, 0.1) is 0 Å². The molecule has 0 bridgehead atoms. The molecule has 2 aromatic carbocycles. The maximum Gasteiger partial charge on any atom is 0.416 e. The average Bonchev–Trinajstić information content (AvgIpc) is 2.63. The van der Waals surface area contributed by atoms with Gasteiger partial charge in [0.1, 0.15) is 11.6 Å². The van der Waals surface area contributed by atoms with Crippen molar-refractivity contribution >= 4 is 23.0 Å². The molecular formula is C18H12F6N4. The van der Waals surface area contributed by atoms with E-state index in [4.69, 9.17) is 0 Å². The Balaban J connectivity index is 1.63. The Morgan fingerprint density at radius 2 is 0.857 bits per heavy atom. The number of aromatic nitrogens is 2. The largest absolute Gasteiger partial charge is 0.416 e. The molecule has 0 amide bonds. The second-order valence-electron chi connectivity index (χ2n) is 5.69. The highest BCUT2D eigenvalue weighted by atomic mass is 19.4. The van der Waals surface area contributed by atoms with E-state index in [0.717, 1.165) is 24.3 Å². The van der Waals surface area contributed by atoms with Crippen molar-refractivity contribution in [2.24, 2.45) is 0 Å². The zero-order valence-corrected chi connectivity index (χ0v) is 13.9. The summed E-state index contributed by atoms with van der Waals surface area (Å²) in [7, 11) is 0. The van der Waals surface area contributed by atoms with Gasteiger partial charge in [-0.3, -0.25) is 0 Å². The lowest BCUT2D eigenvalue weighted by atomic mass is 10.2. The number of alkyl halides is 6. The van der Waals surface area contributed by atoms with Crippen molar-refractivity contribution in [1.82, 2.24) is 9.97 Å². The minimum absolute atomic E-state index is 0.290. The molecule has 0 fully saturated rings. The van der Waals surface area contributed by atoms with Gasteiger partial charge in [-0.05, 0) is 48.5 Å². The van der Waals surface area contributed by atoms with Gasteiger partial charge in [-0.2, -0.15) is 26.3 Å². The third-order valence-corrected chi connectivity index (χ3v) is 3.62. The van der Waals surface area contributed by atoms with Crippen LogP contribution in [0.4, 0.5) is 49.4 Å². The number of halogens is 6. The molecule has 0 aliphatic carbocycles. The molecule has 28 heavy (non-hydrogen) atoms. The van der Waals surface area contributed by atoms with Crippen molar-refractivity contribution < 1.29 is 26.3 Å². The molecule has 0 saturated carbocycles. The van der Waals surface area contributed by atoms with Crippen LogP contribution in [-0.2, 0) is 12.4 Å². The number of anilines is 4. The zero-order valence-electron chi connectivity index (χ0n) is 13.9. The Bertz CT molecular complexity index is 838. The fourth-order valence-electron chi connectivity index (χ4n) is 2.24. The topological polar surface area (TPSA) is 49.8 Å². The smallest absolute Gasteiger partial charge is 0.339 e.